The molecule has 9 aliphatic rings. The number of fused-ring (bicyclic) bond motifs is 9. The molecule has 0 N–H and O–H groups in total. The quantitative estimate of drug-likeness (QED) is 0.0114. The molecule has 0 spiro atoms. The van der Waals surface area contributed by atoms with Gasteiger partial charge in [-0.3, -0.25) is 38.7 Å². The fraction of sp³-hybridized carbons (Fsp3) is 0.593. The fourth-order valence-electron chi connectivity index (χ4n) is 21.7. The van der Waals surface area contributed by atoms with Gasteiger partial charge in [0.2, 0.25) is 13.1 Å². The molecule has 9 heterocycles. The summed E-state index contributed by atoms with van der Waals surface area (Å²) in [5, 5.41) is 0. The Hall–Kier alpha value is -9.85. The number of ketones is 3. The van der Waals surface area contributed by atoms with E-state index in [0.717, 1.165) is 216 Å². The summed E-state index contributed by atoms with van der Waals surface area (Å²) in [6.07, 6.45) is 32.8. The lowest BCUT2D eigenvalue weighted by atomic mass is 9.89. The van der Waals surface area contributed by atoms with E-state index in [1.54, 1.807) is 53.1 Å². The molecule has 9 aliphatic heterocycles. The molecular weight excluding hydrogens is 1690 g/mol. The van der Waals surface area contributed by atoms with Crippen LogP contribution in [0.4, 0.5) is 61.7 Å². The molecule has 0 aliphatic carbocycles. The molecule has 133 heavy (non-hydrogen) atoms. The van der Waals surface area contributed by atoms with E-state index in [1.807, 2.05) is 29.2 Å². The molecule has 6 aromatic rings. The number of unbranched alkanes of at least 4 members (excludes halogenated alkanes) is 18. The smallest absolute Gasteiger partial charge is 0.417 e. The van der Waals surface area contributed by atoms with Crippen molar-refractivity contribution in [1.29, 1.82) is 0 Å². The summed E-state index contributed by atoms with van der Waals surface area (Å²) in [5.41, 5.74) is 11.6. The van der Waals surface area contributed by atoms with E-state index < -0.39 is 18.5 Å². The highest BCUT2D eigenvalue weighted by atomic mass is 19.1. The highest BCUT2D eigenvalue weighted by Gasteiger charge is 2.50. The second-order valence-electron chi connectivity index (χ2n) is 38.0. The first-order valence-electron chi connectivity index (χ1n) is 50.8. The number of nitrogens with zero attached hydrogens (tertiary/aromatic N) is 9. The zero-order chi connectivity index (χ0) is 93.5. The van der Waals surface area contributed by atoms with Gasteiger partial charge < -0.3 is 53.1 Å². The van der Waals surface area contributed by atoms with Crippen molar-refractivity contribution in [2.45, 2.75) is 308 Å². The fourth-order valence-corrected chi connectivity index (χ4v) is 21.7. The van der Waals surface area contributed by atoms with Gasteiger partial charge in [0, 0.05) is 170 Å². The number of Topliss-reactive ketones (excluding diaryl/α,β-unsaturated/α-hetero) is 3. The molecule has 3 saturated heterocycles. The van der Waals surface area contributed by atoms with Crippen molar-refractivity contribution in [3.8, 4) is 0 Å². The molecule has 0 saturated carbocycles. The number of benzene rings is 6. The van der Waals surface area contributed by atoms with Crippen LogP contribution in [-0.2, 0) is 33.3 Å². The molecule has 6 aromatic carbocycles. The van der Waals surface area contributed by atoms with Crippen LogP contribution < -0.4 is 29.4 Å². The molecular formula is C108H146F3N9O13. The van der Waals surface area contributed by atoms with E-state index in [-0.39, 0.29) is 65.7 Å². The van der Waals surface area contributed by atoms with Crippen molar-refractivity contribution in [3.63, 3.8) is 0 Å². The monoisotopic (exact) mass is 1830 g/mol. The zero-order valence-electron chi connectivity index (χ0n) is 79.8. The summed E-state index contributed by atoms with van der Waals surface area (Å²) in [5.74, 6) is -0.441. The lowest BCUT2D eigenvalue weighted by Crippen LogP contribution is -2.51. The van der Waals surface area contributed by atoms with E-state index in [4.69, 9.17) is 23.7 Å². The number of carbonyl (C=O) groups excluding carboxylic acids is 8. The number of piperidine rings is 3. The molecule has 722 valence electrons. The van der Waals surface area contributed by atoms with Crippen LogP contribution in [0.1, 0.15) is 325 Å². The number of halogens is 3. The SMILES string of the molecule is CCCCCC(CCCCC)OC(=O)N1CCN2c3c(cccc31)[C@@H]1CN(CCCC(=O)c3ccc(F)cc3)CC[C@@H]12.CCCCCCCC(=O)OC(C)OC(=O)N1CCN2c3c(cccc31)[C@@H]1CN(CCCC(=O)c3ccc(F)cc3)CC[C@@H]12.CCCCCCCCCCCCCC(=O)OCOC(=O)N1CCN2c3c(cccc31)[C@@H]1CN(CCCC(=O)c3ccc(F)cc3)CC[C@@H]12. The zero-order valence-corrected chi connectivity index (χ0v) is 79.8. The van der Waals surface area contributed by atoms with Gasteiger partial charge in [0.1, 0.15) is 23.6 Å². The minimum atomic E-state index is -0.948. The van der Waals surface area contributed by atoms with E-state index >= 15 is 0 Å². The van der Waals surface area contributed by atoms with Gasteiger partial charge in [-0.2, -0.15) is 0 Å². The molecule has 3 fully saturated rings. The Balaban J connectivity index is 0.000000170. The molecule has 7 atom stereocenters. The topological polar surface area (TPSA) is 212 Å². The van der Waals surface area contributed by atoms with Gasteiger partial charge >= 0.3 is 30.2 Å². The Bertz CT molecular complexity index is 4760. The second-order valence-corrected chi connectivity index (χ2v) is 38.0. The minimum Gasteiger partial charge on any atom is -0.446 e. The predicted octanol–water partition coefficient (Wildman–Crippen LogP) is 23.3. The summed E-state index contributed by atoms with van der Waals surface area (Å²) in [7, 11) is 0. The maximum atomic E-state index is 13.6. The Labute approximate surface area is 787 Å². The van der Waals surface area contributed by atoms with Crippen molar-refractivity contribution in [3.05, 3.63) is 178 Å². The summed E-state index contributed by atoms with van der Waals surface area (Å²) < 4.78 is 67.4. The Kier molecular flexibility index (Phi) is 38.7. The Morgan fingerprint density at radius 3 is 1.02 bits per heavy atom. The lowest BCUT2D eigenvalue weighted by Gasteiger charge is -2.41. The third kappa shape index (κ3) is 27.3. The van der Waals surface area contributed by atoms with Gasteiger partial charge in [0.15, 0.2) is 17.3 Å². The summed E-state index contributed by atoms with van der Waals surface area (Å²) in [6.45, 7) is 22.2. The predicted molar refractivity (Wildman–Crippen MR) is 519 cm³/mol. The third-order valence-corrected chi connectivity index (χ3v) is 28.7. The molecule has 0 bridgehead atoms. The van der Waals surface area contributed by atoms with Crippen molar-refractivity contribution < 1.29 is 75.2 Å². The number of para-hydroxylation sites is 3. The van der Waals surface area contributed by atoms with Crippen LogP contribution in [0.15, 0.2) is 127 Å². The van der Waals surface area contributed by atoms with Gasteiger partial charge in [-0.25, -0.2) is 27.6 Å². The van der Waals surface area contributed by atoms with E-state index in [9.17, 15) is 51.5 Å². The van der Waals surface area contributed by atoms with Crippen molar-refractivity contribution >= 4 is 81.7 Å². The normalized spacial score (nSPS) is 19.3. The van der Waals surface area contributed by atoms with Crippen LogP contribution >= 0.6 is 0 Å². The number of ether oxygens (including phenoxy) is 5. The average molecular weight is 1840 g/mol. The van der Waals surface area contributed by atoms with Crippen LogP contribution in [0.25, 0.3) is 0 Å². The summed E-state index contributed by atoms with van der Waals surface area (Å²) in [4.78, 5) is 122. The minimum absolute atomic E-state index is 0.00327. The largest absolute Gasteiger partial charge is 0.446 e. The number of carbonyl (C=O) groups is 8. The van der Waals surface area contributed by atoms with Gasteiger partial charge in [-0.05, 0) is 204 Å². The van der Waals surface area contributed by atoms with Crippen molar-refractivity contribution in [2.75, 3.05) is 134 Å². The van der Waals surface area contributed by atoms with Crippen LogP contribution in [0.2, 0.25) is 0 Å². The lowest BCUT2D eigenvalue weighted by molar-refractivity contribution is -0.164. The summed E-state index contributed by atoms with van der Waals surface area (Å²) in [6, 6.07) is 37.3. The van der Waals surface area contributed by atoms with E-state index in [2.05, 4.69) is 87.4 Å². The van der Waals surface area contributed by atoms with E-state index in [1.165, 1.54) is 142 Å². The van der Waals surface area contributed by atoms with Crippen LogP contribution in [0, 0.1) is 17.5 Å². The first kappa shape index (κ1) is 101. The van der Waals surface area contributed by atoms with Crippen molar-refractivity contribution in [1.82, 2.24) is 14.7 Å². The van der Waals surface area contributed by atoms with Gasteiger partial charge in [-0.15, -0.1) is 0 Å². The van der Waals surface area contributed by atoms with Gasteiger partial charge in [0.05, 0.1) is 34.1 Å². The third-order valence-electron chi connectivity index (χ3n) is 28.7. The number of anilines is 6. The maximum Gasteiger partial charge on any atom is 0.417 e. The van der Waals surface area contributed by atoms with Crippen LogP contribution in [-0.4, -0.2) is 198 Å². The number of amides is 3. The molecule has 3 amide bonds. The highest BCUT2D eigenvalue weighted by molar-refractivity contribution is 6.00. The number of hydrogen-bond acceptors (Lipinski definition) is 19. The van der Waals surface area contributed by atoms with Crippen LogP contribution in [0.3, 0.4) is 0 Å². The average Bonchev–Trinajstić information content (AvgIpc) is 1.59. The maximum absolute atomic E-state index is 13.6. The highest BCUT2D eigenvalue weighted by Crippen LogP contribution is 2.54. The number of rotatable bonds is 46. The number of likely N-dealkylation sites (tertiary alicyclic amines) is 3. The molecule has 22 nitrogen and oxygen atoms in total. The Morgan fingerprint density at radius 2 is 0.654 bits per heavy atom. The summed E-state index contributed by atoms with van der Waals surface area (Å²) >= 11 is 0. The molecule has 0 radical (unpaired) electrons. The Morgan fingerprint density at radius 1 is 0.331 bits per heavy atom. The molecule has 25 heteroatoms. The number of esters is 2. The second kappa shape index (κ2) is 51.2. The molecule has 0 aromatic heterocycles. The molecule has 1 unspecified atom stereocenters. The van der Waals surface area contributed by atoms with Gasteiger partial charge in [0.25, 0.3) is 0 Å². The van der Waals surface area contributed by atoms with Crippen molar-refractivity contribution in [2.24, 2.45) is 0 Å². The van der Waals surface area contributed by atoms with E-state index in [0.29, 0.717) is 104 Å². The van der Waals surface area contributed by atoms with Gasteiger partial charge in [-0.1, -0.05) is 180 Å². The first-order valence-corrected chi connectivity index (χ1v) is 50.8. The number of hydrogen-bond donors (Lipinski definition) is 0. The first-order chi connectivity index (χ1) is 64.8. The standard InChI is InChI=1S/C39H54FN3O5.C35H48FN3O3.C34H44FN3O5/c1-2-3-4-5-6-7-8-9-10-11-12-18-37(45)47-29-48-39(46)43-27-26-42-34-23-25-41(28-33(34)32-15-13-16-35(43)38(32)42)24-14-17-36(44)30-19-21-31(40)22-20-30;1-3-5-7-11-28(12-8-6-4-2)42-35(41)39-24-23-38-31-20-22-37(25-30(31)29-13-9-14-32(39)34(29)38)21-10-15-33(40)26-16-18-27(36)19-17-26;1-3-4-5-6-7-13-32(40)42-24(2)43-34(41)38-22-21-37-29-18-20-36(23-28(29)27-10-8-11-30(38)33(27)37)19-9-12-31(39)25-14-16-26(35)17-15-25/h13,15-16,19-22,33-34H,2-12,14,17-18,23-29H2,1H3;9,13-14,16-19,28,30-31H,3-8,10-12,15,20-25H2,1-2H3;8,10-11,14-17,24,28-29H,3-7,9,12-13,18-23H2,1-2H3/t33-,34-;30-,31-;24?,28-,29-/m000/s1. The van der Waals surface area contributed by atoms with Crippen LogP contribution in [0.5, 0.6) is 0 Å². The molecule has 15 rings (SSSR count).